The first-order valence-corrected chi connectivity index (χ1v) is 10.4. The second-order valence-corrected chi connectivity index (χ2v) is 8.57. The summed E-state index contributed by atoms with van der Waals surface area (Å²) in [4.78, 5) is 32.4. The van der Waals surface area contributed by atoms with Gasteiger partial charge in [-0.25, -0.2) is 14.1 Å². The summed E-state index contributed by atoms with van der Waals surface area (Å²) in [7, 11) is 3.15. The standard InChI is InChI=1S/C21H18FN5O3S/c1-10-4-13(22)16(30-3)5-12(10)17-6-14-19(31-17)20(28)27(21(29)25-14)15-9-23-7-11-8-24-26(2)18(11)15/h4-9,14,19H,1-3H3,(H,25,29). The van der Waals surface area contributed by atoms with Crippen molar-refractivity contribution in [3.63, 3.8) is 0 Å². The molecule has 1 fully saturated rings. The Morgan fingerprint density at radius 2 is 2.03 bits per heavy atom. The number of aromatic nitrogens is 3. The monoisotopic (exact) mass is 439 g/mol. The van der Waals surface area contributed by atoms with Crippen molar-refractivity contribution in [1.82, 2.24) is 20.1 Å². The van der Waals surface area contributed by atoms with Crippen LogP contribution < -0.4 is 15.0 Å². The molecule has 8 nitrogen and oxygen atoms in total. The molecule has 5 rings (SSSR count). The summed E-state index contributed by atoms with van der Waals surface area (Å²) >= 11 is 1.34. The second kappa shape index (κ2) is 7.09. The first-order chi connectivity index (χ1) is 14.9. The Labute approximate surface area is 181 Å². The summed E-state index contributed by atoms with van der Waals surface area (Å²) in [5.74, 6) is -0.660. The maximum absolute atomic E-state index is 14.0. The molecule has 2 aromatic heterocycles. The van der Waals surface area contributed by atoms with Crippen LogP contribution in [0.4, 0.5) is 14.9 Å². The number of anilines is 1. The third-order valence-corrected chi connectivity index (χ3v) is 6.85. The Morgan fingerprint density at radius 1 is 1.23 bits per heavy atom. The largest absolute Gasteiger partial charge is 0.494 e. The SMILES string of the molecule is COc1cc(C2=CC3NC(=O)N(c4cncc5cnn(C)c45)C(=O)C3S2)c(C)cc1F. The molecule has 1 N–H and O–H groups in total. The van der Waals surface area contributed by atoms with Gasteiger partial charge < -0.3 is 10.1 Å². The van der Waals surface area contributed by atoms with E-state index < -0.39 is 23.1 Å². The number of imide groups is 1. The summed E-state index contributed by atoms with van der Waals surface area (Å²) in [6, 6.07) is 2.03. The molecule has 10 heteroatoms. The molecule has 158 valence electrons. The van der Waals surface area contributed by atoms with Crippen molar-refractivity contribution in [2.75, 3.05) is 12.0 Å². The molecule has 0 radical (unpaired) electrons. The zero-order valence-corrected chi connectivity index (χ0v) is 17.7. The van der Waals surface area contributed by atoms with Crippen molar-refractivity contribution in [3.05, 3.63) is 53.7 Å². The fourth-order valence-electron chi connectivity index (χ4n) is 3.99. The third-order valence-electron chi connectivity index (χ3n) is 5.49. The number of amides is 3. The van der Waals surface area contributed by atoms with E-state index >= 15 is 0 Å². The molecule has 4 heterocycles. The Balaban J connectivity index is 1.51. The summed E-state index contributed by atoms with van der Waals surface area (Å²) in [5.41, 5.74) is 2.51. The minimum Gasteiger partial charge on any atom is -0.494 e. The van der Waals surface area contributed by atoms with Crippen LogP contribution in [0.5, 0.6) is 5.75 Å². The van der Waals surface area contributed by atoms with E-state index in [1.54, 1.807) is 37.1 Å². The average molecular weight is 439 g/mol. The van der Waals surface area contributed by atoms with Crippen LogP contribution in [0.3, 0.4) is 0 Å². The quantitative estimate of drug-likeness (QED) is 0.675. The third kappa shape index (κ3) is 2.97. The molecule has 2 atom stereocenters. The molecule has 0 bridgehead atoms. The normalized spacial score (nSPS) is 20.6. The number of hydrogen-bond acceptors (Lipinski definition) is 6. The topological polar surface area (TPSA) is 89.3 Å². The predicted octanol–water partition coefficient (Wildman–Crippen LogP) is 3.01. The molecule has 2 unspecified atom stereocenters. The Hall–Kier alpha value is -3.40. The summed E-state index contributed by atoms with van der Waals surface area (Å²) in [6.45, 7) is 1.79. The van der Waals surface area contributed by atoms with Gasteiger partial charge in [0.1, 0.15) is 5.25 Å². The van der Waals surface area contributed by atoms with Gasteiger partial charge in [0.25, 0.3) is 5.91 Å². The van der Waals surface area contributed by atoms with Gasteiger partial charge in [0.05, 0.1) is 36.7 Å². The zero-order valence-electron chi connectivity index (χ0n) is 16.9. The van der Waals surface area contributed by atoms with Crippen molar-refractivity contribution in [3.8, 4) is 5.75 Å². The van der Waals surface area contributed by atoms with Crippen LogP contribution in [0, 0.1) is 12.7 Å². The molecular formula is C21H18FN5O3S. The smallest absolute Gasteiger partial charge is 0.329 e. The van der Waals surface area contributed by atoms with Crippen LogP contribution in [0.1, 0.15) is 11.1 Å². The Bertz CT molecular complexity index is 1290. The van der Waals surface area contributed by atoms with E-state index in [2.05, 4.69) is 15.4 Å². The Kier molecular flexibility index (Phi) is 4.47. The number of rotatable bonds is 3. The van der Waals surface area contributed by atoms with E-state index in [4.69, 9.17) is 4.74 Å². The number of hydrogen-bond donors (Lipinski definition) is 1. The van der Waals surface area contributed by atoms with E-state index in [9.17, 15) is 14.0 Å². The fourth-order valence-corrected chi connectivity index (χ4v) is 5.33. The lowest BCUT2D eigenvalue weighted by Crippen LogP contribution is -2.60. The van der Waals surface area contributed by atoms with E-state index in [-0.39, 0.29) is 11.7 Å². The van der Waals surface area contributed by atoms with Gasteiger partial charge in [-0.05, 0) is 36.3 Å². The summed E-state index contributed by atoms with van der Waals surface area (Å²) < 4.78 is 20.7. The summed E-state index contributed by atoms with van der Waals surface area (Å²) in [6.07, 6.45) is 6.60. The first kappa shape index (κ1) is 19.6. The summed E-state index contributed by atoms with van der Waals surface area (Å²) in [5, 5.41) is 7.28. The number of carbonyl (C=O) groups is 2. The van der Waals surface area contributed by atoms with Gasteiger partial charge in [-0.3, -0.25) is 14.5 Å². The molecular weight excluding hydrogens is 421 g/mol. The predicted molar refractivity (Wildman–Crippen MR) is 115 cm³/mol. The van der Waals surface area contributed by atoms with Gasteiger partial charge in [-0.15, -0.1) is 11.8 Å². The minimum absolute atomic E-state index is 0.128. The molecule has 3 aromatic rings. The zero-order chi connectivity index (χ0) is 21.9. The number of nitrogens with one attached hydrogen (secondary N) is 1. The lowest BCUT2D eigenvalue weighted by Gasteiger charge is -2.33. The highest BCUT2D eigenvalue weighted by atomic mass is 32.2. The van der Waals surface area contributed by atoms with Crippen LogP contribution in [0.15, 0.2) is 36.8 Å². The highest BCUT2D eigenvalue weighted by Crippen LogP contribution is 2.44. The number of methoxy groups -OCH3 is 1. The molecule has 3 amide bonds. The van der Waals surface area contributed by atoms with Crippen LogP contribution in [0.25, 0.3) is 15.8 Å². The van der Waals surface area contributed by atoms with Crippen molar-refractivity contribution in [2.45, 2.75) is 18.2 Å². The number of nitrogens with zero attached hydrogens (tertiary/aromatic N) is 4. The number of halogens is 1. The van der Waals surface area contributed by atoms with Gasteiger partial charge in [-0.2, -0.15) is 5.10 Å². The van der Waals surface area contributed by atoms with Crippen molar-refractivity contribution in [2.24, 2.45) is 7.05 Å². The number of aryl methyl sites for hydroxylation is 2. The molecule has 2 aliphatic rings. The maximum atomic E-state index is 14.0. The van der Waals surface area contributed by atoms with Crippen LogP contribution in [-0.2, 0) is 11.8 Å². The van der Waals surface area contributed by atoms with E-state index in [0.29, 0.717) is 11.2 Å². The number of thioether (sulfide) groups is 1. The highest BCUT2D eigenvalue weighted by molar-refractivity contribution is 8.09. The van der Waals surface area contributed by atoms with E-state index in [1.807, 2.05) is 6.08 Å². The van der Waals surface area contributed by atoms with Crippen molar-refractivity contribution >= 4 is 45.2 Å². The lowest BCUT2D eigenvalue weighted by atomic mass is 10.0. The van der Waals surface area contributed by atoms with Gasteiger partial charge in [0, 0.05) is 23.5 Å². The fraction of sp³-hybridized carbons (Fsp3) is 0.238. The van der Waals surface area contributed by atoms with Crippen molar-refractivity contribution in [1.29, 1.82) is 0 Å². The second-order valence-electron chi connectivity index (χ2n) is 7.38. The molecule has 0 aliphatic carbocycles. The van der Waals surface area contributed by atoms with Gasteiger partial charge >= 0.3 is 6.03 Å². The number of benzene rings is 1. The number of pyridine rings is 1. The molecule has 31 heavy (non-hydrogen) atoms. The first-order valence-electron chi connectivity index (χ1n) is 9.52. The Morgan fingerprint density at radius 3 is 2.81 bits per heavy atom. The van der Waals surface area contributed by atoms with Gasteiger partial charge in [0.15, 0.2) is 11.6 Å². The van der Waals surface area contributed by atoms with Gasteiger partial charge in [-0.1, -0.05) is 0 Å². The average Bonchev–Trinajstić information content (AvgIpc) is 3.32. The molecule has 0 saturated carbocycles. The molecule has 0 spiro atoms. The molecule has 2 aliphatic heterocycles. The maximum Gasteiger partial charge on any atom is 0.329 e. The molecule has 1 aromatic carbocycles. The highest BCUT2D eigenvalue weighted by Gasteiger charge is 2.46. The minimum atomic E-state index is -0.549. The van der Waals surface area contributed by atoms with Crippen LogP contribution in [0.2, 0.25) is 0 Å². The van der Waals surface area contributed by atoms with Crippen LogP contribution >= 0.6 is 11.8 Å². The molecule has 1 saturated heterocycles. The van der Waals surface area contributed by atoms with Crippen LogP contribution in [-0.4, -0.2) is 45.1 Å². The number of carbonyl (C=O) groups excluding carboxylic acids is 2. The number of fused-ring (bicyclic) bond motifs is 2. The van der Waals surface area contributed by atoms with E-state index in [0.717, 1.165) is 26.3 Å². The lowest BCUT2D eigenvalue weighted by molar-refractivity contribution is -0.118. The number of ether oxygens (including phenoxy) is 1. The van der Waals surface area contributed by atoms with E-state index in [1.165, 1.54) is 31.1 Å². The number of urea groups is 1. The van der Waals surface area contributed by atoms with Gasteiger partial charge in [0.2, 0.25) is 0 Å². The van der Waals surface area contributed by atoms with Crippen molar-refractivity contribution < 1.29 is 18.7 Å².